The monoisotopic (exact) mass is 696 g/mol. The Bertz CT molecular complexity index is 2860. The number of hydrogen-bond acceptors (Lipinski definition) is 1. The number of hydrogen-bond donors (Lipinski definition) is 0. The molecule has 0 saturated heterocycles. The van der Waals surface area contributed by atoms with Gasteiger partial charge in [-0.2, -0.15) is 0 Å². The summed E-state index contributed by atoms with van der Waals surface area (Å²) in [6.45, 7) is 13.6. The molecule has 0 bridgehead atoms. The smallest absolute Gasteiger partial charge is 0.0541 e. The highest BCUT2D eigenvalue weighted by atomic mass is 15.1. The number of nitrogens with zero attached hydrogens (tertiary/aromatic N) is 2. The van der Waals surface area contributed by atoms with Crippen molar-refractivity contribution in [3.63, 3.8) is 0 Å². The van der Waals surface area contributed by atoms with Gasteiger partial charge in [0.15, 0.2) is 0 Å². The average molecular weight is 697 g/mol. The van der Waals surface area contributed by atoms with Crippen molar-refractivity contribution in [3.05, 3.63) is 168 Å². The molecule has 2 heteroatoms. The normalized spacial score (nSPS) is 12.2. The maximum Gasteiger partial charge on any atom is 0.0541 e. The third-order valence-electron chi connectivity index (χ3n) is 11.9. The maximum absolute atomic E-state index is 2.50. The molecule has 0 unspecified atom stereocenters. The molecule has 1 heterocycles. The van der Waals surface area contributed by atoms with Gasteiger partial charge in [0.2, 0.25) is 0 Å². The van der Waals surface area contributed by atoms with Crippen LogP contribution in [0.2, 0.25) is 0 Å². The van der Waals surface area contributed by atoms with Crippen LogP contribution < -0.4 is 4.90 Å². The third-order valence-corrected chi connectivity index (χ3v) is 11.9. The van der Waals surface area contributed by atoms with Gasteiger partial charge in [0.25, 0.3) is 0 Å². The fourth-order valence-electron chi connectivity index (χ4n) is 8.74. The van der Waals surface area contributed by atoms with Gasteiger partial charge in [-0.15, -0.1) is 0 Å². The molecular weight excluding hydrogens is 653 g/mol. The highest BCUT2D eigenvalue weighted by Crippen LogP contribution is 2.51. The predicted octanol–water partition coefficient (Wildman–Crippen LogP) is 15.1. The molecule has 0 spiro atoms. The first-order valence-electron chi connectivity index (χ1n) is 19.4. The molecule has 1 aliphatic rings. The van der Waals surface area contributed by atoms with Crippen molar-refractivity contribution in [2.45, 2.75) is 53.4 Å². The van der Waals surface area contributed by atoms with E-state index in [0.29, 0.717) is 11.8 Å². The molecule has 8 aromatic carbocycles. The van der Waals surface area contributed by atoms with Gasteiger partial charge in [0.05, 0.1) is 11.0 Å². The molecule has 0 saturated carbocycles. The maximum atomic E-state index is 2.50. The second-order valence-corrected chi connectivity index (χ2v) is 16.0. The van der Waals surface area contributed by atoms with Crippen molar-refractivity contribution in [1.29, 1.82) is 0 Å². The number of benzene rings is 8. The van der Waals surface area contributed by atoms with Crippen molar-refractivity contribution in [3.8, 4) is 27.9 Å². The average Bonchev–Trinajstić information content (AvgIpc) is 3.52. The van der Waals surface area contributed by atoms with Crippen molar-refractivity contribution in [2.75, 3.05) is 4.90 Å². The van der Waals surface area contributed by atoms with E-state index in [4.69, 9.17) is 0 Å². The molecule has 0 fully saturated rings. The fraction of sp³-hybridized carbons (Fsp3) is 0.154. The van der Waals surface area contributed by atoms with E-state index in [1.165, 1.54) is 111 Å². The number of aryl methyl sites for hydroxylation is 2. The van der Waals surface area contributed by atoms with Gasteiger partial charge in [-0.05, 0) is 165 Å². The Labute approximate surface area is 317 Å². The molecule has 54 heavy (non-hydrogen) atoms. The SMILES string of the molecule is Cc1ccc(C(C)C)cc1N(c1ccc2cc3c(cc2c1)-c1cc2cc(-n4c5ccccc5c5ccccc54)ccc2cc1-3)c1cc(C(C)C)ccc1C. The molecule has 9 aromatic rings. The van der Waals surface area contributed by atoms with Gasteiger partial charge >= 0.3 is 0 Å². The largest absolute Gasteiger partial charge is 0.310 e. The molecule has 1 aliphatic carbocycles. The van der Waals surface area contributed by atoms with Crippen LogP contribution in [0.1, 0.15) is 61.8 Å². The van der Waals surface area contributed by atoms with Crippen LogP contribution in [0.4, 0.5) is 17.1 Å². The van der Waals surface area contributed by atoms with Gasteiger partial charge in [-0.3, -0.25) is 0 Å². The summed E-state index contributed by atoms with van der Waals surface area (Å²) in [5.74, 6) is 0.887. The predicted molar refractivity (Wildman–Crippen MR) is 233 cm³/mol. The van der Waals surface area contributed by atoms with Gasteiger partial charge < -0.3 is 9.47 Å². The number of anilines is 3. The third kappa shape index (κ3) is 5.01. The molecule has 0 atom stereocenters. The zero-order chi connectivity index (χ0) is 36.8. The van der Waals surface area contributed by atoms with Crippen molar-refractivity contribution in [1.82, 2.24) is 4.57 Å². The van der Waals surface area contributed by atoms with E-state index in [9.17, 15) is 0 Å². The topological polar surface area (TPSA) is 8.17 Å². The lowest BCUT2D eigenvalue weighted by Crippen LogP contribution is -2.14. The number of rotatable bonds is 6. The standard InChI is InChI=1S/C52H44N2/c1-31(2)35-17-15-33(5)51(29-35)54(52-30-36(32(3)4)18-16-34(52)6)42-22-20-38-26-46-45-25-37-19-21-41(23-39(37)27-47(45)48(46)28-40(38)24-42)53-49-13-9-7-11-43(49)44-12-8-10-14-50(44)53/h7-32H,1-6H3. The summed E-state index contributed by atoms with van der Waals surface area (Å²) in [7, 11) is 0. The zero-order valence-corrected chi connectivity index (χ0v) is 31.9. The molecule has 2 nitrogen and oxygen atoms in total. The molecule has 0 N–H and O–H groups in total. The lowest BCUT2D eigenvalue weighted by molar-refractivity contribution is 0.863. The van der Waals surface area contributed by atoms with Crippen LogP contribution in [0.5, 0.6) is 0 Å². The van der Waals surface area contributed by atoms with Crippen LogP contribution in [0, 0.1) is 13.8 Å². The van der Waals surface area contributed by atoms with E-state index in [0.717, 1.165) is 0 Å². The number of aromatic nitrogens is 1. The lowest BCUT2D eigenvalue weighted by Gasteiger charge is -2.31. The molecule has 10 rings (SSSR count). The summed E-state index contributed by atoms with van der Waals surface area (Å²) >= 11 is 0. The van der Waals surface area contributed by atoms with Gasteiger partial charge in [0, 0.05) is 33.5 Å². The first-order chi connectivity index (χ1) is 26.2. The van der Waals surface area contributed by atoms with Crippen LogP contribution in [0.25, 0.3) is 71.3 Å². The van der Waals surface area contributed by atoms with Crippen LogP contribution >= 0.6 is 0 Å². The Morgan fingerprint density at radius 3 is 1.41 bits per heavy atom. The van der Waals surface area contributed by atoms with Crippen molar-refractivity contribution >= 4 is 60.4 Å². The lowest BCUT2D eigenvalue weighted by atomic mass is 9.78. The highest BCUT2D eigenvalue weighted by Gasteiger charge is 2.25. The highest BCUT2D eigenvalue weighted by molar-refractivity contribution is 6.13. The summed E-state index contributed by atoms with van der Waals surface area (Å²) < 4.78 is 2.41. The van der Waals surface area contributed by atoms with Crippen LogP contribution in [-0.2, 0) is 0 Å². The van der Waals surface area contributed by atoms with E-state index in [1.807, 2.05) is 0 Å². The molecule has 262 valence electrons. The van der Waals surface area contributed by atoms with Gasteiger partial charge in [-0.1, -0.05) is 100 Å². The summed E-state index contributed by atoms with van der Waals surface area (Å²) in [4.78, 5) is 2.50. The van der Waals surface area contributed by atoms with Crippen molar-refractivity contribution in [2.24, 2.45) is 0 Å². The first-order valence-corrected chi connectivity index (χ1v) is 19.4. The van der Waals surface area contributed by atoms with Gasteiger partial charge in [0.1, 0.15) is 0 Å². The Kier molecular flexibility index (Phi) is 7.36. The van der Waals surface area contributed by atoms with Gasteiger partial charge in [-0.25, -0.2) is 0 Å². The number of para-hydroxylation sites is 2. The summed E-state index contributed by atoms with van der Waals surface area (Å²) in [6, 6.07) is 55.0. The second kappa shape index (κ2) is 12.2. The fourth-order valence-corrected chi connectivity index (χ4v) is 8.74. The Morgan fingerprint density at radius 1 is 0.426 bits per heavy atom. The van der Waals surface area contributed by atoms with Crippen LogP contribution in [-0.4, -0.2) is 4.57 Å². The summed E-state index contributed by atoms with van der Waals surface area (Å²) in [5.41, 5.74) is 17.9. The summed E-state index contributed by atoms with van der Waals surface area (Å²) in [5, 5.41) is 7.64. The first kappa shape index (κ1) is 32.5. The summed E-state index contributed by atoms with van der Waals surface area (Å²) in [6.07, 6.45) is 0. The van der Waals surface area contributed by atoms with E-state index in [2.05, 4.69) is 197 Å². The molecule has 1 aromatic heterocycles. The molecule has 0 radical (unpaired) electrons. The molecule has 0 aliphatic heterocycles. The van der Waals surface area contributed by atoms with Crippen molar-refractivity contribution < 1.29 is 0 Å². The molecular formula is C52H44N2. The minimum Gasteiger partial charge on any atom is -0.310 e. The minimum absolute atomic E-state index is 0.443. The van der Waals surface area contributed by atoms with E-state index in [-0.39, 0.29) is 0 Å². The Balaban J connectivity index is 1.10. The zero-order valence-electron chi connectivity index (χ0n) is 31.9. The quantitative estimate of drug-likeness (QED) is 0.168. The van der Waals surface area contributed by atoms with E-state index >= 15 is 0 Å². The molecule has 0 amide bonds. The Morgan fingerprint density at radius 2 is 0.889 bits per heavy atom. The van der Waals surface area contributed by atoms with E-state index < -0.39 is 0 Å². The van der Waals surface area contributed by atoms with Crippen LogP contribution in [0.3, 0.4) is 0 Å². The second-order valence-electron chi connectivity index (χ2n) is 16.0. The minimum atomic E-state index is 0.443. The van der Waals surface area contributed by atoms with Crippen LogP contribution in [0.15, 0.2) is 146 Å². The van der Waals surface area contributed by atoms with E-state index in [1.54, 1.807) is 0 Å². The Hall–Kier alpha value is -6.12. The number of fused-ring (bicyclic) bond motifs is 9.